The summed E-state index contributed by atoms with van der Waals surface area (Å²) in [5, 5.41) is 19.2. The molecule has 0 aliphatic rings. The van der Waals surface area contributed by atoms with Crippen LogP contribution in [-0.4, -0.2) is 29.9 Å². The number of phenols is 1. The van der Waals surface area contributed by atoms with Crippen molar-refractivity contribution in [3.63, 3.8) is 0 Å². The number of methoxy groups -OCH3 is 1. The number of hydrogen-bond donors (Lipinski definition) is 2. The quantitative estimate of drug-likeness (QED) is 0.760. The largest absolute Gasteiger partial charge is 0.504 e. The smallest absolute Gasteiger partial charge is 0.308 e. The number of esters is 1. The van der Waals surface area contributed by atoms with Gasteiger partial charge in [-0.2, -0.15) is 0 Å². The van der Waals surface area contributed by atoms with Crippen LogP contribution in [-0.2, 0) is 9.53 Å². The minimum absolute atomic E-state index is 0.000804. The van der Waals surface area contributed by atoms with Crippen molar-refractivity contribution >= 4 is 5.97 Å². The summed E-state index contributed by atoms with van der Waals surface area (Å²) in [7, 11) is 1.26. The maximum absolute atomic E-state index is 11.0. The zero-order chi connectivity index (χ0) is 12.8. The summed E-state index contributed by atoms with van der Waals surface area (Å²) in [5.74, 6) is -0.210. The van der Waals surface area contributed by atoms with Crippen LogP contribution >= 0.6 is 0 Å². The average molecular weight is 240 g/mol. The Bertz CT molecular complexity index is 388. The van der Waals surface area contributed by atoms with Gasteiger partial charge in [0, 0.05) is 0 Å². The molecule has 0 aromatic heterocycles. The number of ether oxygens (including phenoxy) is 2. The van der Waals surface area contributed by atoms with Gasteiger partial charge in [-0.05, 0) is 24.6 Å². The molecule has 0 saturated heterocycles. The van der Waals surface area contributed by atoms with Crippen molar-refractivity contribution in [1.82, 2.24) is 0 Å². The third-order valence-corrected chi connectivity index (χ3v) is 2.26. The van der Waals surface area contributed by atoms with Crippen molar-refractivity contribution < 1.29 is 24.5 Å². The zero-order valence-electron chi connectivity index (χ0n) is 9.84. The Morgan fingerprint density at radius 3 is 2.76 bits per heavy atom. The molecular formula is C12H16O5. The number of carbonyl (C=O) groups is 1. The number of aromatic hydroxyl groups is 1. The first kappa shape index (κ1) is 13.3. The number of rotatable bonds is 5. The lowest BCUT2D eigenvalue weighted by molar-refractivity contribution is -0.142. The highest BCUT2D eigenvalue weighted by atomic mass is 16.5. The maximum atomic E-state index is 11.0. The summed E-state index contributed by atoms with van der Waals surface area (Å²) in [6.45, 7) is 2.20. The summed E-state index contributed by atoms with van der Waals surface area (Å²) in [4.78, 5) is 11.0. The van der Waals surface area contributed by atoms with Gasteiger partial charge in [-0.25, -0.2) is 0 Å². The fraction of sp³-hybridized carbons (Fsp3) is 0.417. The van der Waals surface area contributed by atoms with E-state index in [1.807, 2.05) is 0 Å². The minimum Gasteiger partial charge on any atom is -0.504 e. The molecule has 17 heavy (non-hydrogen) atoms. The Hall–Kier alpha value is -1.75. The van der Waals surface area contributed by atoms with E-state index in [4.69, 9.17) is 4.74 Å². The molecule has 1 unspecified atom stereocenters. The van der Waals surface area contributed by atoms with Crippen molar-refractivity contribution in [2.45, 2.75) is 19.4 Å². The first-order valence-electron chi connectivity index (χ1n) is 5.29. The highest BCUT2D eigenvalue weighted by Gasteiger charge is 2.15. The molecule has 0 heterocycles. The van der Waals surface area contributed by atoms with Crippen molar-refractivity contribution in [2.24, 2.45) is 0 Å². The van der Waals surface area contributed by atoms with E-state index in [-0.39, 0.29) is 17.9 Å². The Balaban J connectivity index is 2.83. The van der Waals surface area contributed by atoms with Crippen LogP contribution in [0.3, 0.4) is 0 Å². The fourth-order valence-electron chi connectivity index (χ4n) is 1.37. The summed E-state index contributed by atoms with van der Waals surface area (Å²) in [5.41, 5.74) is 0.497. The van der Waals surface area contributed by atoms with Crippen molar-refractivity contribution in [1.29, 1.82) is 0 Å². The molecule has 5 nitrogen and oxygen atoms in total. The molecule has 0 aliphatic heterocycles. The average Bonchev–Trinajstić information content (AvgIpc) is 2.32. The monoisotopic (exact) mass is 240 g/mol. The summed E-state index contributed by atoms with van der Waals surface area (Å²) < 4.78 is 9.65. The van der Waals surface area contributed by atoms with Crippen molar-refractivity contribution in [3.8, 4) is 11.5 Å². The van der Waals surface area contributed by atoms with E-state index in [0.29, 0.717) is 12.2 Å². The van der Waals surface area contributed by atoms with Gasteiger partial charge in [0.15, 0.2) is 11.5 Å². The lowest BCUT2D eigenvalue weighted by Crippen LogP contribution is -2.08. The van der Waals surface area contributed by atoms with Crippen molar-refractivity contribution in [2.75, 3.05) is 13.7 Å². The van der Waals surface area contributed by atoms with Gasteiger partial charge in [0.2, 0.25) is 0 Å². The van der Waals surface area contributed by atoms with E-state index in [1.165, 1.54) is 25.3 Å². The standard InChI is InChI=1S/C12H16O5/c1-3-17-11-6-8(4-5-9(11)13)10(14)7-12(15)16-2/h4-6,10,13-14H,3,7H2,1-2H3. The number of benzene rings is 1. The fourth-order valence-corrected chi connectivity index (χ4v) is 1.37. The van der Waals surface area contributed by atoms with Crippen LogP contribution in [0.5, 0.6) is 11.5 Å². The molecule has 94 valence electrons. The molecule has 2 N–H and O–H groups in total. The van der Waals surface area contributed by atoms with E-state index in [0.717, 1.165) is 0 Å². The van der Waals surface area contributed by atoms with Gasteiger partial charge in [-0.15, -0.1) is 0 Å². The van der Waals surface area contributed by atoms with Gasteiger partial charge < -0.3 is 19.7 Å². The van der Waals surface area contributed by atoms with Crippen molar-refractivity contribution in [3.05, 3.63) is 23.8 Å². The predicted molar refractivity (Wildman–Crippen MR) is 60.9 cm³/mol. The first-order valence-corrected chi connectivity index (χ1v) is 5.29. The van der Waals surface area contributed by atoms with E-state index in [9.17, 15) is 15.0 Å². The molecule has 1 aromatic rings. The highest BCUT2D eigenvalue weighted by Crippen LogP contribution is 2.30. The molecule has 0 saturated carbocycles. The molecule has 0 fully saturated rings. The second kappa shape index (κ2) is 6.10. The van der Waals surface area contributed by atoms with Gasteiger partial charge in [-0.1, -0.05) is 6.07 Å². The van der Waals surface area contributed by atoms with Crippen LogP contribution in [0, 0.1) is 0 Å². The van der Waals surface area contributed by atoms with Crippen LogP contribution < -0.4 is 4.74 Å². The molecule has 0 bridgehead atoms. The topological polar surface area (TPSA) is 76.0 Å². The van der Waals surface area contributed by atoms with Gasteiger partial charge in [0.25, 0.3) is 0 Å². The normalized spacial score (nSPS) is 11.9. The number of phenolic OH excluding ortho intramolecular Hbond substituents is 1. The summed E-state index contributed by atoms with van der Waals surface area (Å²) in [6.07, 6.45) is -1.10. The molecule has 1 aromatic carbocycles. The van der Waals surface area contributed by atoms with Crippen LogP contribution in [0.1, 0.15) is 25.0 Å². The predicted octanol–water partition coefficient (Wildman–Crippen LogP) is 1.39. The molecule has 1 rings (SSSR count). The molecule has 5 heteroatoms. The second-order valence-corrected chi connectivity index (χ2v) is 3.46. The molecule has 0 radical (unpaired) electrons. The lowest BCUT2D eigenvalue weighted by Gasteiger charge is -2.12. The van der Waals surface area contributed by atoms with Crippen LogP contribution in [0.25, 0.3) is 0 Å². The van der Waals surface area contributed by atoms with Crippen LogP contribution in [0.4, 0.5) is 0 Å². The highest BCUT2D eigenvalue weighted by molar-refractivity contribution is 5.70. The molecular weight excluding hydrogens is 224 g/mol. The third-order valence-electron chi connectivity index (χ3n) is 2.26. The maximum Gasteiger partial charge on any atom is 0.308 e. The third kappa shape index (κ3) is 3.64. The number of hydrogen-bond acceptors (Lipinski definition) is 5. The minimum atomic E-state index is -0.970. The number of aliphatic hydroxyl groups excluding tert-OH is 1. The van der Waals surface area contributed by atoms with E-state index in [2.05, 4.69) is 4.74 Å². The SMILES string of the molecule is CCOc1cc(C(O)CC(=O)OC)ccc1O. The van der Waals surface area contributed by atoms with Gasteiger partial charge >= 0.3 is 5.97 Å². The zero-order valence-corrected chi connectivity index (χ0v) is 9.84. The van der Waals surface area contributed by atoms with Gasteiger partial charge in [-0.3, -0.25) is 4.79 Å². The van der Waals surface area contributed by atoms with E-state index in [1.54, 1.807) is 6.92 Å². The molecule has 1 atom stereocenters. The number of carbonyl (C=O) groups excluding carboxylic acids is 1. The Labute approximate surface area is 99.6 Å². The van der Waals surface area contributed by atoms with Crippen LogP contribution in [0.2, 0.25) is 0 Å². The first-order chi connectivity index (χ1) is 8.08. The lowest BCUT2D eigenvalue weighted by atomic mass is 10.1. The second-order valence-electron chi connectivity index (χ2n) is 3.46. The molecule has 0 aliphatic carbocycles. The van der Waals surface area contributed by atoms with E-state index < -0.39 is 12.1 Å². The Morgan fingerprint density at radius 2 is 2.18 bits per heavy atom. The van der Waals surface area contributed by atoms with Crippen LogP contribution in [0.15, 0.2) is 18.2 Å². The Morgan fingerprint density at radius 1 is 1.47 bits per heavy atom. The summed E-state index contributed by atoms with van der Waals surface area (Å²) in [6, 6.07) is 4.46. The summed E-state index contributed by atoms with van der Waals surface area (Å²) >= 11 is 0. The molecule has 0 spiro atoms. The molecule has 0 amide bonds. The number of aliphatic hydroxyl groups is 1. The van der Waals surface area contributed by atoms with E-state index >= 15 is 0 Å². The van der Waals surface area contributed by atoms with Gasteiger partial charge in [0.1, 0.15) is 0 Å². The van der Waals surface area contributed by atoms with Gasteiger partial charge in [0.05, 0.1) is 26.2 Å². The Kier molecular flexibility index (Phi) is 4.78.